The number of hydrogen-bond donors (Lipinski definition) is 0. The van der Waals surface area contributed by atoms with Crippen LogP contribution in [0.15, 0.2) is 42.7 Å². The number of rotatable bonds is 5. The fraction of sp³-hybridized carbons (Fsp3) is 0.400. The van der Waals surface area contributed by atoms with E-state index in [1.807, 2.05) is 36.1 Å². The molecule has 0 bridgehead atoms. The summed E-state index contributed by atoms with van der Waals surface area (Å²) in [5, 5.41) is 6.54. The highest BCUT2D eigenvalue weighted by atomic mass is 35.5. The van der Waals surface area contributed by atoms with Crippen LogP contribution in [0.25, 0.3) is 10.9 Å². The molecule has 6 heteroatoms. The third-order valence-electron chi connectivity index (χ3n) is 4.94. The van der Waals surface area contributed by atoms with Crippen LogP contribution in [0.3, 0.4) is 0 Å². The molecule has 0 aliphatic carbocycles. The Hall–Kier alpha value is -1.95. The van der Waals surface area contributed by atoms with Gasteiger partial charge in [0.1, 0.15) is 0 Å². The first-order valence-electron chi connectivity index (χ1n) is 9.03. The summed E-state index contributed by atoms with van der Waals surface area (Å²) in [6, 6.07) is 9.97. The van der Waals surface area contributed by atoms with E-state index in [4.69, 9.17) is 21.4 Å². The second-order valence-electron chi connectivity index (χ2n) is 6.88. The van der Waals surface area contributed by atoms with E-state index < -0.39 is 0 Å². The van der Waals surface area contributed by atoms with E-state index in [2.05, 4.69) is 22.0 Å². The summed E-state index contributed by atoms with van der Waals surface area (Å²) in [5.74, 6) is 0. The first-order valence-corrected chi connectivity index (χ1v) is 9.41. The summed E-state index contributed by atoms with van der Waals surface area (Å²) in [7, 11) is 1.97. The first kappa shape index (κ1) is 17.5. The lowest BCUT2D eigenvalue weighted by Crippen LogP contribution is -2.39. The van der Waals surface area contributed by atoms with Gasteiger partial charge in [0.2, 0.25) is 0 Å². The molecule has 26 heavy (non-hydrogen) atoms. The molecule has 0 N–H and O–H groups in total. The molecule has 1 aromatic carbocycles. The monoisotopic (exact) mass is 370 g/mol. The van der Waals surface area contributed by atoms with Crippen molar-refractivity contribution >= 4 is 22.5 Å². The molecule has 0 amide bonds. The fourth-order valence-electron chi connectivity index (χ4n) is 3.67. The van der Waals surface area contributed by atoms with E-state index >= 15 is 0 Å². The summed E-state index contributed by atoms with van der Waals surface area (Å²) >= 11 is 6.44. The number of aryl methyl sites for hydroxylation is 1. The Labute approximate surface area is 158 Å². The molecule has 0 unspecified atom stereocenters. The smallest absolute Gasteiger partial charge is 0.0858 e. The predicted octanol–water partition coefficient (Wildman–Crippen LogP) is 3.80. The zero-order valence-electron chi connectivity index (χ0n) is 14.9. The molecule has 2 aromatic heterocycles. The summed E-state index contributed by atoms with van der Waals surface area (Å²) in [6.07, 6.45) is 6.13. The van der Waals surface area contributed by atoms with Crippen LogP contribution in [0.2, 0.25) is 5.02 Å². The lowest BCUT2D eigenvalue weighted by Gasteiger charge is -2.32. The van der Waals surface area contributed by atoms with Gasteiger partial charge in [0.15, 0.2) is 0 Å². The van der Waals surface area contributed by atoms with Crippen molar-refractivity contribution in [2.45, 2.75) is 32.1 Å². The predicted molar refractivity (Wildman–Crippen MR) is 103 cm³/mol. The van der Waals surface area contributed by atoms with Gasteiger partial charge in [0.05, 0.1) is 28.9 Å². The van der Waals surface area contributed by atoms with Gasteiger partial charge in [0, 0.05) is 37.9 Å². The molecule has 1 atom stereocenters. The molecule has 4 rings (SSSR count). The van der Waals surface area contributed by atoms with Gasteiger partial charge in [-0.3, -0.25) is 14.6 Å². The standard InChI is InChI=1S/C20H23ClN4O/c1-24-19-8-2-7-17(21)20(19)18(23-24)13-25-10-4-6-16(12-25)26-14-15-5-3-9-22-11-15/h2-3,5,7-9,11,16H,4,6,10,12-14H2,1H3/t16-/m0/s1. The van der Waals surface area contributed by atoms with Gasteiger partial charge >= 0.3 is 0 Å². The van der Waals surface area contributed by atoms with Gasteiger partial charge in [-0.05, 0) is 43.1 Å². The number of halogens is 1. The Kier molecular flexibility index (Phi) is 5.20. The molecule has 1 aliphatic heterocycles. The van der Waals surface area contributed by atoms with Crippen LogP contribution in [0.4, 0.5) is 0 Å². The lowest BCUT2D eigenvalue weighted by atomic mass is 10.1. The molecule has 0 spiro atoms. The van der Waals surface area contributed by atoms with Crippen molar-refractivity contribution in [1.82, 2.24) is 19.7 Å². The SMILES string of the molecule is Cn1nc(CN2CCC[C@H](OCc3cccnc3)C2)c2c(Cl)cccc21. The van der Waals surface area contributed by atoms with Crippen LogP contribution in [-0.4, -0.2) is 38.9 Å². The topological polar surface area (TPSA) is 43.2 Å². The molecule has 3 aromatic rings. The van der Waals surface area contributed by atoms with Crippen LogP contribution in [-0.2, 0) is 24.9 Å². The van der Waals surface area contributed by atoms with Crippen LogP contribution in [0.5, 0.6) is 0 Å². The Morgan fingerprint density at radius 3 is 3.04 bits per heavy atom. The van der Waals surface area contributed by atoms with E-state index in [1.54, 1.807) is 6.20 Å². The number of aromatic nitrogens is 3. The fourth-order valence-corrected chi connectivity index (χ4v) is 3.94. The summed E-state index contributed by atoms with van der Waals surface area (Å²) < 4.78 is 8.03. The Morgan fingerprint density at radius 2 is 2.19 bits per heavy atom. The molecule has 1 saturated heterocycles. The number of piperidine rings is 1. The first-order chi connectivity index (χ1) is 12.7. The van der Waals surface area contributed by atoms with Crippen molar-refractivity contribution in [3.8, 4) is 0 Å². The van der Waals surface area contributed by atoms with E-state index in [0.29, 0.717) is 6.61 Å². The largest absolute Gasteiger partial charge is 0.372 e. The molecule has 1 aliphatic rings. The number of benzene rings is 1. The normalized spacial score (nSPS) is 18.5. The third-order valence-corrected chi connectivity index (χ3v) is 5.26. The molecule has 136 valence electrons. The number of fused-ring (bicyclic) bond motifs is 1. The maximum absolute atomic E-state index is 6.44. The highest BCUT2D eigenvalue weighted by Gasteiger charge is 2.23. The van der Waals surface area contributed by atoms with Gasteiger partial charge in [0.25, 0.3) is 0 Å². The van der Waals surface area contributed by atoms with Crippen molar-refractivity contribution in [3.63, 3.8) is 0 Å². The molecule has 3 heterocycles. The molecular formula is C20H23ClN4O. The number of hydrogen-bond acceptors (Lipinski definition) is 4. The number of nitrogens with zero attached hydrogens (tertiary/aromatic N) is 4. The van der Waals surface area contributed by atoms with Gasteiger partial charge in [-0.2, -0.15) is 5.10 Å². The molecular weight excluding hydrogens is 348 g/mol. The Morgan fingerprint density at radius 1 is 1.27 bits per heavy atom. The van der Waals surface area contributed by atoms with Crippen molar-refractivity contribution in [3.05, 3.63) is 59.0 Å². The molecule has 1 fully saturated rings. The van der Waals surface area contributed by atoms with Crippen molar-refractivity contribution < 1.29 is 4.74 Å². The summed E-state index contributed by atoms with van der Waals surface area (Å²) in [4.78, 5) is 6.56. The van der Waals surface area contributed by atoms with Gasteiger partial charge < -0.3 is 4.74 Å². The minimum atomic E-state index is 0.245. The van der Waals surface area contributed by atoms with E-state index in [0.717, 1.165) is 59.7 Å². The maximum Gasteiger partial charge on any atom is 0.0858 e. The van der Waals surface area contributed by atoms with Crippen molar-refractivity contribution in [2.24, 2.45) is 7.05 Å². The average Bonchev–Trinajstić information content (AvgIpc) is 2.98. The van der Waals surface area contributed by atoms with Crippen LogP contribution >= 0.6 is 11.6 Å². The second kappa shape index (κ2) is 7.74. The van der Waals surface area contributed by atoms with Crippen molar-refractivity contribution in [1.29, 1.82) is 0 Å². The van der Waals surface area contributed by atoms with Gasteiger partial charge in [-0.15, -0.1) is 0 Å². The Bertz CT molecular complexity index is 880. The quantitative estimate of drug-likeness (QED) is 0.685. The zero-order valence-corrected chi connectivity index (χ0v) is 15.7. The number of ether oxygens (including phenoxy) is 1. The van der Waals surface area contributed by atoms with Crippen LogP contribution in [0, 0.1) is 0 Å². The minimum absolute atomic E-state index is 0.245. The zero-order chi connectivity index (χ0) is 17.9. The van der Waals surface area contributed by atoms with E-state index in [-0.39, 0.29) is 6.10 Å². The maximum atomic E-state index is 6.44. The highest BCUT2D eigenvalue weighted by Crippen LogP contribution is 2.28. The molecule has 5 nitrogen and oxygen atoms in total. The van der Waals surface area contributed by atoms with Crippen LogP contribution < -0.4 is 0 Å². The summed E-state index contributed by atoms with van der Waals surface area (Å²) in [6.45, 7) is 3.40. The van der Waals surface area contributed by atoms with Crippen LogP contribution in [0.1, 0.15) is 24.1 Å². The second-order valence-corrected chi connectivity index (χ2v) is 7.28. The molecule has 0 radical (unpaired) electrons. The van der Waals surface area contributed by atoms with Gasteiger partial charge in [-0.1, -0.05) is 23.7 Å². The van der Waals surface area contributed by atoms with Crippen molar-refractivity contribution in [2.75, 3.05) is 13.1 Å². The lowest BCUT2D eigenvalue weighted by molar-refractivity contribution is -0.0123. The number of likely N-dealkylation sites (tertiary alicyclic amines) is 1. The third kappa shape index (κ3) is 3.75. The Balaban J connectivity index is 1.42. The minimum Gasteiger partial charge on any atom is -0.372 e. The molecule has 0 saturated carbocycles. The average molecular weight is 371 g/mol. The number of pyridine rings is 1. The summed E-state index contributed by atoms with van der Waals surface area (Å²) in [5.41, 5.74) is 3.24. The van der Waals surface area contributed by atoms with E-state index in [9.17, 15) is 0 Å². The van der Waals surface area contributed by atoms with E-state index in [1.165, 1.54) is 0 Å². The highest BCUT2D eigenvalue weighted by molar-refractivity contribution is 6.35. The van der Waals surface area contributed by atoms with Gasteiger partial charge in [-0.25, -0.2) is 0 Å².